The van der Waals surface area contributed by atoms with E-state index in [4.69, 9.17) is 10.2 Å². The summed E-state index contributed by atoms with van der Waals surface area (Å²) in [4.78, 5) is 12.0. The van der Waals surface area contributed by atoms with Gasteiger partial charge in [0.15, 0.2) is 0 Å². The first-order valence-corrected chi connectivity index (χ1v) is 5.73. The molecule has 0 aliphatic carbocycles. The summed E-state index contributed by atoms with van der Waals surface area (Å²) in [6.07, 6.45) is 2.31. The molecule has 0 aliphatic heterocycles. The molecule has 1 atom stereocenters. The first-order chi connectivity index (χ1) is 8.26. The Labute approximate surface area is 99.8 Å². The van der Waals surface area contributed by atoms with Crippen molar-refractivity contribution in [3.8, 4) is 0 Å². The molecule has 1 aromatic heterocycles. The topological polar surface area (TPSA) is 68.3 Å². The van der Waals surface area contributed by atoms with Crippen LogP contribution in [0.5, 0.6) is 0 Å². The molecule has 0 bridgehead atoms. The van der Waals surface area contributed by atoms with E-state index >= 15 is 0 Å². The number of fused-ring (bicyclic) bond motifs is 1. The van der Waals surface area contributed by atoms with Crippen molar-refractivity contribution in [2.24, 2.45) is 5.73 Å². The van der Waals surface area contributed by atoms with Gasteiger partial charge in [-0.3, -0.25) is 4.79 Å². The maximum Gasteiger partial charge on any atom is 0.255 e. The van der Waals surface area contributed by atoms with E-state index in [9.17, 15) is 4.79 Å². The minimum absolute atomic E-state index is 0.0103. The SMILES string of the molecule is CCC(CN)NC(=O)c1coc2ccccc12. The molecule has 1 aromatic carbocycles. The summed E-state index contributed by atoms with van der Waals surface area (Å²) in [6, 6.07) is 7.48. The lowest BCUT2D eigenvalue weighted by Gasteiger charge is -2.13. The first-order valence-electron chi connectivity index (χ1n) is 5.73. The molecular formula is C13H16N2O2. The Balaban J connectivity index is 2.25. The third-order valence-electron chi connectivity index (χ3n) is 2.84. The van der Waals surface area contributed by atoms with E-state index < -0.39 is 0 Å². The van der Waals surface area contributed by atoms with Crippen molar-refractivity contribution >= 4 is 16.9 Å². The van der Waals surface area contributed by atoms with Crippen LogP contribution in [0.3, 0.4) is 0 Å². The largest absolute Gasteiger partial charge is 0.463 e. The predicted octanol–water partition coefficient (Wildman–Crippen LogP) is 1.90. The minimum atomic E-state index is -0.132. The maximum absolute atomic E-state index is 12.0. The average Bonchev–Trinajstić information content (AvgIpc) is 2.79. The highest BCUT2D eigenvalue weighted by atomic mass is 16.3. The third-order valence-corrected chi connectivity index (χ3v) is 2.84. The summed E-state index contributed by atoms with van der Waals surface area (Å²) in [5.41, 5.74) is 6.84. The molecule has 0 spiro atoms. The Morgan fingerprint density at radius 1 is 1.47 bits per heavy atom. The molecule has 2 rings (SSSR count). The summed E-state index contributed by atoms with van der Waals surface area (Å²) in [5.74, 6) is -0.132. The molecule has 3 N–H and O–H groups in total. The third kappa shape index (κ3) is 2.31. The van der Waals surface area contributed by atoms with Crippen LogP contribution in [0.25, 0.3) is 11.0 Å². The second-order valence-corrected chi connectivity index (χ2v) is 3.96. The molecule has 4 heteroatoms. The van der Waals surface area contributed by atoms with Crippen LogP contribution >= 0.6 is 0 Å². The van der Waals surface area contributed by atoms with E-state index in [2.05, 4.69) is 5.32 Å². The zero-order valence-corrected chi connectivity index (χ0v) is 9.77. The molecular weight excluding hydrogens is 216 g/mol. The molecule has 1 unspecified atom stereocenters. The molecule has 0 saturated heterocycles. The Morgan fingerprint density at radius 3 is 2.94 bits per heavy atom. The molecule has 90 valence electrons. The van der Waals surface area contributed by atoms with E-state index in [1.54, 1.807) is 0 Å². The Hall–Kier alpha value is -1.81. The Bertz CT molecular complexity index is 515. The highest BCUT2D eigenvalue weighted by Gasteiger charge is 2.15. The number of benzene rings is 1. The van der Waals surface area contributed by atoms with Gasteiger partial charge in [0.1, 0.15) is 11.8 Å². The maximum atomic E-state index is 12.0. The quantitative estimate of drug-likeness (QED) is 0.846. The van der Waals surface area contributed by atoms with Gasteiger partial charge in [-0.15, -0.1) is 0 Å². The van der Waals surface area contributed by atoms with Gasteiger partial charge in [-0.1, -0.05) is 25.1 Å². The molecule has 17 heavy (non-hydrogen) atoms. The van der Waals surface area contributed by atoms with Crippen LogP contribution in [0.4, 0.5) is 0 Å². The molecule has 2 aromatic rings. The van der Waals surface area contributed by atoms with E-state index in [-0.39, 0.29) is 11.9 Å². The molecule has 1 amide bonds. The standard InChI is InChI=1S/C13H16N2O2/c1-2-9(7-14)15-13(16)11-8-17-12-6-4-3-5-10(11)12/h3-6,8-9H,2,7,14H2,1H3,(H,15,16). The second kappa shape index (κ2) is 5.01. The second-order valence-electron chi connectivity index (χ2n) is 3.96. The van der Waals surface area contributed by atoms with Gasteiger partial charge in [-0.05, 0) is 12.5 Å². The van der Waals surface area contributed by atoms with Gasteiger partial charge in [0, 0.05) is 18.0 Å². The number of rotatable bonds is 4. The number of amides is 1. The number of carbonyl (C=O) groups is 1. The fourth-order valence-corrected chi connectivity index (χ4v) is 1.74. The van der Waals surface area contributed by atoms with Crippen LogP contribution in [-0.4, -0.2) is 18.5 Å². The van der Waals surface area contributed by atoms with Crippen LogP contribution in [0, 0.1) is 0 Å². The number of hydrogen-bond acceptors (Lipinski definition) is 3. The van der Waals surface area contributed by atoms with E-state index in [0.29, 0.717) is 12.1 Å². The summed E-state index contributed by atoms with van der Waals surface area (Å²) in [5, 5.41) is 3.72. The van der Waals surface area contributed by atoms with Crippen LogP contribution < -0.4 is 11.1 Å². The number of carbonyl (C=O) groups excluding carboxylic acids is 1. The van der Waals surface area contributed by atoms with Crippen molar-refractivity contribution in [3.63, 3.8) is 0 Å². The van der Waals surface area contributed by atoms with Crippen LogP contribution in [0.1, 0.15) is 23.7 Å². The smallest absolute Gasteiger partial charge is 0.255 e. The fourth-order valence-electron chi connectivity index (χ4n) is 1.74. The van der Waals surface area contributed by atoms with Gasteiger partial charge in [0.05, 0.1) is 5.56 Å². The molecule has 0 aliphatic rings. The lowest BCUT2D eigenvalue weighted by Crippen LogP contribution is -2.39. The van der Waals surface area contributed by atoms with E-state index in [0.717, 1.165) is 17.4 Å². The number of nitrogens with one attached hydrogen (secondary N) is 1. The van der Waals surface area contributed by atoms with Crippen LogP contribution in [0.15, 0.2) is 34.9 Å². The van der Waals surface area contributed by atoms with Crippen molar-refractivity contribution in [2.75, 3.05) is 6.54 Å². The highest BCUT2D eigenvalue weighted by Crippen LogP contribution is 2.20. The summed E-state index contributed by atoms with van der Waals surface area (Å²) in [7, 11) is 0. The molecule has 4 nitrogen and oxygen atoms in total. The summed E-state index contributed by atoms with van der Waals surface area (Å²) >= 11 is 0. The van der Waals surface area contributed by atoms with Gasteiger partial charge in [0.25, 0.3) is 5.91 Å². The summed E-state index contributed by atoms with van der Waals surface area (Å²) in [6.45, 7) is 2.43. The van der Waals surface area contributed by atoms with Crippen LogP contribution in [0.2, 0.25) is 0 Å². The predicted molar refractivity (Wildman–Crippen MR) is 66.8 cm³/mol. The van der Waals surface area contributed by atoms with Gasteiger partial charge >= 0.3 is 0 Å². The minimum Gasteiger partial charge on any atom is -0.463 e. The summed E-state index contributed by atoms with van der Waals surface area (Å²) < 4.78 is 5.33. The number of furan rings is 1. The van der Waals surface area contributed by atoms with E-state index in [1.165, 1.54) is 6.26 Å². The number of para-hydroxylation sites is 1. The Morgan fingerprint density at radius 2 is 2.24 bits per heavy atom. The number of hydrogen-bond donors (Lipinski definition) is 2. The van der Waals surface area contributed by atoms with Crippen molar-refractivity contribution in [1.82, 2.24) is 5.32 Å². The van der Waals surface area contributed by atoms with Crippen molar-refractivity contribution in [2.45, 2.75) is 19.4 Å². The number of nitrogens with two attached hydrogens (primary N) is 1. The average molecular weight is 232 g/mol. The highest BCUT2D eigenvalue weighted by molar-refractivity contribution is 6.05. The van der Waals surface area contributed by atoms with Gasteiger partial charge in [-0.25, -0.2) is 0 Å². The molecule has 0 fully saturated rings. The monoisotopic (exact) mass is 232 g/mol. The van der Waals surface area contributed by atoms with Gasteiger partial charge < -0.3 is 15.5 Å². The van der Waals surface area contributed by atoms with Crippen LogP contribution in [-0.2, 0) is 0 Å². The lowest BCUT2D eigenvalue weighted by molar-refractivity contribution is 0.0938. The van der Waals surface area contributed by atoms with Crippen molar-refractivity contribution in [1.29, 1.82) is 0 Å². The fraction of sp³-hybridized carbons (Fsp3) is 0.308. The molecule has 1 heterocycles. The Kier molecular flexibility index (Phi) is 3.44. The van der Waals surface area contributed by atoms with Gasteiger partial charge in [-0.2, -0.15) is 0 Å². The zero-order valence-electron chi connectivity index (χ0n) is 9.77. The normalized spacial score (nSPS) is 12.6. The lowest BCUT2D eigenvalue weighted by atomic mass is 10.1. The first kappa shape index (κ1) is 11.7. The van der Waals surface area contributed by atoms with Crippen molar-refractivity contribution < 1.29 is 9.21 Å². The van der Waals surface area contributed by atoms with Crippen molar-refractivity contribution in [3.05, 3.63) is 36.1 Å². The zero-order chi connectivity index (χ0) is 12.3. The van der Waals surface area contributed by atoms with Gasteiger partial charge in [0.2, 0.25) is 0 Å². The van der Waals surface area contributed by atoms with E-state index in [1.807, 2.05) is 31.2 Å². The molecule has 0 saturated carbocycles. The molecule has 0 radical (unpaired) electrons.